The van der Waals surface area contributed by atoms with Crippen LogP contribution in [-0.4, -0.2) is 38.0 Å². The second-order valence-corrected chi connectivity index (χ2v) is 9.27. The van der Waals surface area contributed by atoms with E-state index in [1.807, 2.05) is 0 Å². The van der Waals surface area contributed by atoms with Gasteiger partial charge in [0.15, 0.2) is 0 Å². The molecule has 0 spiro atoms. The Balaban J connectivity index is 3.10. The average Bonchev–Trinajstić information content (AvgIpc) is 2.70. The van der Waals surface area contributed by atoms with Crippen molar-refractivity contribution in [2.75, 3.05) is 27.2 Å². The normalized spacial score (nSPS) is 11.3. The van der Waals surface area contributed by atoms with Gasteiger partial charge in [0.2, 0.25) is 5.91 Å². The summed E-state index contributed by atoms with van der Waals surface area (Å²) in [5.74, 6) is 0.236. The van der Waals surface area contributed by atoms with Crippen LogP contribution in [0.4, 0.5) is 0 Å². The van der Waals surface area contributed by atoms with Crippen LogP contribution in [-0.2, 0) is 4.79 Å². The Morgan fingerprint density at radius 1 is 0.586 bits per heavy atom. The van der Waals surface area contributed by atoms with Crippen LogP contribution in [0.25, 0.3) is 0 Å². The molecule has 29 heavy (non-hydrogen) atoms. The lowest BCUT2D eigenvalue weighted by Crippen LogP contribution is -2.26. The molecule has 0 aromatic rings. The third-order valence-electron chi connectivity index (χ3n) is 5.86. The molecule has 0 bridgehead atoms. The van der Waals surface area contributed by atoms with E-state index in [2.05, 4.69) is 31.2 Å². The molecule has 0 saturated carbocycles. The molecule has 0 aliphatic rings. The highest BCUT2D eigenvalue weighted by atomic mass is 16.1. The lowest BCUT2D eigenvalue weighted by molar-refractivity contribution is -0.121. The van der Waals surface area contributed by atoms with Gasteiger partial charge in [-0.05, 0) is 33.5 Å². The van der Waals surface area contributed by atoms with Crippen LogP contribution in [0.3, 0.4) is 0 Å². The van der Waals surface area contributed by atoms with Crippen molar-refractivity contribution in [2.24, 2.45) is 0 Å². The molecule has 0 atom stereocenters. The fourth-order valence-corrected chi connectivity index (χ4v) is 3.90. The molecule has 0 aromatic heterocycles. The van der Waals surface area contributed by atoms with Crippen LogP contribution in [0, 0.1) is 0 Å². The zero-order valence-corrected chi connectivity index (χ0v) is 20.4. The maximum atomic E-state index is 11.7. The highest BCUT2D eigenvalue weighted by Crippen LogP contribution is 2.14. The molecule has 0 heterocycles. The predicted molar refractivity (Wildman–Crippen MR) is 130 cm³/mol. The van der Waals surface area contributed by atoms with Crippen LogP contribution in [0.5, 0.6) is 0 Å². The van der Waals surface area contributed by atoms with E-state index >= 15 is 0 Å². The van der Waals surface area contributed by atoms with E-state index in [-0.39, 0.29) is 5.91 Å². The number of hydrogen-bond acceptors (Lipinski definition) is 2. The van der Waals surface area contributed by atoms with Crippen molar-refractivity contribution in [3.8, 4) is 0 Å². The Labute approximate surface area is 183 Å². The lowest BCUT2D eigenvalue weighted by Gasteiger charge is -2.09. The van der Waals surface area contributed by atoms with Gasteiger partial charge in [0.05, 0.1) is 0 Å². The molecule has 3 heteroatoms. The Morgan fingerprint density at radius 2 is 0.966 bits per heavy atom. The molecule has 0 saturated heterocycles. The van der Waals surface area contributed by atoms with E-state index in [4.69, 9.17) is 0 Å². The van der Waals surface area contributed by atoms with Crippen LogP contribution in [0.1, 0.15) is 135 Å². The Kier molecular flexibility index (Phi) is 23.2. The van der Waals surface area contributed by atoms with Crippen LogP contribution in [0.2, 0.25) is 0 Å². The van der Waals surface area contributed by atoms with Gasteiger partial charge in [0.1, 0.15) is 0 Å². The first-order valence-corrected chi connectivity index (χ1v) is 13.1. The van der Waals surface area contributed by atoms with Gasteiger partial charge in [-0.1, -0.05) is 116 Å². The third-order valence-corrected chi connectivity index (χ3v) is 5.86. The van der Waals surface area contributed by atoms with E-state index in [0.29, 0.717) is 6.42 Å². The summed E-state index contributed by atoms with van der Waals surface area (Å²) in [6, 6.07) is 0. The van der Waals surface area contributed by atoms with Crippen LogP contribution < -0.4 is 5.32 Å². The number of nitrogens with one attached hydrogen (secondary N) is 1. The van der Waals surface area contributed by atoms with Gasteiger partial charge in [-0.25, -0.2) is 0 Å². The molecule has 0 rings (SSSR count). The molecule has 0 aliphatic heterocycles. The number of carbonyl (C=O) groups is 1. The van der Waals surface area contributed by atoms with Crippen LogP contribution >= 0.6 is 0 Å². The SMILES string of the molecule is CCCCCCCCCCCCCCCCCCCCC(=O)NCCCN(C)C. The summed E-state index contributed by atoms with van der Waals surface area (Å²) in [7, 11) is 4.14. The molecule has 3 nitrogen and oxygen atoms in total. The minimum absolute atomic E-state index is 0.236. The first-order chi connectivity index (χ1) is 14.2. The Morgan fingerprint density at radius 3 is 1.34 bits per heavy atom. The minimum Gasteiger partial charge on any atom is -0.356 e. The standard InChI is InChI=1S/C26H54N2O/c1-4-5-6-7-8-9-10-11-12-13-14-15-16-17-18-19-20-21-23-26(29)27-24-22-25-28(2)3/h4-25H2,1-3H3,(H,27,29). The summed E-state index contributed by atoms with van der Waals surface area (Å²) >= 11 is 0. The van der Waals surface area contributed by atoms with Gasteiger partial charge in [0, 0.05) is 13.0 Å². The van der Waals surface area contributed by atoms with E-state index in [1.165, 1.54) is 109 Å². The fraction of sp³-hybridized carbons (Fsp3) is 0.962. The topological polar surface area (TPSA) is 32.3 Å². The Hall–Kier alpha value is -0.570. The number of hydrogen-bond donors (Lipinski definition) is 1. The molecule has 0 aliphatic carbocycles. The number of carbonyl (C=O) groups excluding carboxylic acids is 1. The van der Waals surface area contributed by atoms with Crippen LogP contribution in [0.15, 0.2) is 0 Å². The van der Waals surface area contributed by atoms with Gasteiger partial charge in [-0.15, -0.1) is 0 Å². The first kappa shape index (κ1) is 28.4. The van der Waals surface area contributed by atoms with Gasteiger partial charge < -0.3 is 10.2 Å². The van der Waals surface area contributed by atoms with Gasteiger partial charge >= 0.3 is 0 Å². The van der Waals surface area contributed by atoms with Crippen molar-refractivity contribution in [1.82, 2.24) is 10.2 Å². The molecule has 174 valence electrons. The van der Waals surface area contributed by atoms with Gasteiger partial charge in [-0.3, -0.25) is 4.79 Å². The van der Waals surface area contributed by atoms with E-state index in [9.17, 15) is 4.79 Å². The zero-order valence-electron chi connectivity index (χ0n) is 20.4. The quantitative estimate of drug-likeness (QED) is 0.177. The summed E-state index contributed by atoms with van der Waals surface area (Å²) < 4.78 is 0. The molecule has 0 radical (unpaired) electrons. The van der Waals surface area contributed by atoms with Crippen molar-refractivity contribution in [3.05, 3.63) is 0 Å². The minimum atomic E-state index is 0.236. The second kappa shape index (κ2) is 23.7. The highest BCUT2D eigenvalue weighted by Gasteiger charge is 2.01. The third kappa shape index (κ3) is 25.4. The molecule has 0 aromatic carbocycles. The molecule has 1 amide bonds. The maximum absolute atomic E-state index is 11.7. The number of nitrogens with zero attached hydrogens (tertiary/aromatic N) is 1. The second-order valence-electron chi connectivity index (χ2n) is 9.27. The fourth-order valence-electron chi connectivity index (χ4n) is 3.90. The van der Waals surface area contributed by atoms with Gasteiger partial charge in [0.25, 0.3) is 0 Å². The smallest absolute Gasteiger partial charge is 0.219 e. The van der Waals surface area contributed by atoms with E-state index in [1.54, 1.807) is 0 Å². The van der Waals surface area contributed by atoms with Crippen molar-refractivity contribution in [3.63, 3.8) is 0 Å². The Bertz CT molecular complexity index is 331. The number of rotatable bonds is 23. The summed E-state index contributed by atoms with van der Waals surface area (Å²) in [5, 5.41) is 3.03. The molecular formula is C26H54N2O. The zero-order chi connectivity index (χ0) is 21.4. The van der Waals surface area contributed by atoms with Crippen molar-refractivity contribution in [2.45, 2.75) is 135 Å². The summed E-state index contributed by atoms with van der Waals surface area (Å²) in [6.07, 6.45) is 26.7. The molecule has 0 fully saturated rings. The molecular weight excluding hydrogens is 356 g/mol. The first-order valence-electron chi connectivity index (χ1n) is 13.1. The molecule has 0 unspecified atom stereocenters. The van der Waals surface area contributed by atoms with Crippen molar-refractivity contribution < 1.29 is 4.79 Å². The number of amides is 1. The van der Waals surface area contributed by atoms with Gasteiger partial charge in [-0.2, -0.15) is 0 Å². The lowest BCUT2D eigenvalue weighted by atomic mass is 10.0. The van der Waals surface area contributed by atoms with E-state index < -0.39 is 0 Å². The number of unbranched alkanes of at least 4 members (excludes halogenated alkanes) is 17. The average molecular weight is 411 g/mol. The summed E-state index contributed by atoms with van der Waals surface area (Å²) in [5.41, 5.74) is 0. The summed E-state index contributed by atoms with van der Waals surface area (Å²) in [4.78, 5) is 13.9. The molecule has 1 N–H and O–H groups in total. The largest absolute Gasteiger partial charge is 0.356 e. The summed E-state index contributed by atoms with van der Waals surface area (Å²) in [6.45, 7) is 4.15. The van der Waals surface area contributed by atoms with E-state index in [0.717, 1.165) is 25.9 Å². The predicted octanol–water partition coefficient (Wildman–Crippen LogP) is 7.49. The maximum Gasteiger partial charge on any atom is 0.219 e. The highest BCUT2D eigenvalue weighted by molar-refractivity contribution is 5.75. The monoisotopic (exact) mass is 410 g/mol. The van der Waals surface area contributed by atoms with Crippen molar-refractivity contribution in [1.29, 1.82) is 0 Å². The van der Waals surface area contributed by atoms with Crippen molar-refractivity contribution >= 4 is 5.91 Å².